The standard InChI is InChI=1S/C23H30N2O4/c1-16(2)5-4-12-29-22-14-19(7-9-21(22)28-3)24-23(27)25-11-10-17-6-8-20(26)13-18(17)15-25/h6-9,13-14,16,26H,4-5,10-12,15H2,1-3H3,(H,24,27). The number of carbonyl (C=O) groups is 1. The van der Waals surface area contributed by atoms with Gasteiger partial charge in [-0.1, -0.05) is 19.9 Å². The van der Waals surface area contributed by atoms with Crippen LogP contribution in [0.15, 0.2) is 36.4 Å². The van der Waals surface area contributed by atoms with Gasteiger partial charge in [-0.2, -0.15) is 0 Å². The zero-order valence-electron chi connectivity index (χ0n) is 17.4. The van der Waals surface area contributed by atoms with E-state index in [4.69, 9.17) is 9.47 Å². The number of benzene rings is 2. The predicted octanol–water partition coefficient (Wildman–Crippen LogP) is 4.81. The fourth-order valence-corrected chi connectivity index (χ4v) is 3.46. The molecule has 1 aliphatic heterocycles. The van der Waals surface area contributed by atoms with Crippen LogP contribution >= 0.6 is 0 Å². The molecule has 2 aromatic carbocycles. The number of urea groups is 1. The summed E-state index contributed by atoms with van der Waals surface area (Å²) in [6.45, 7) is 6.11. The van der Waals surface area contributed by atoms with Gasteiger partial charge in [-0.3, -0.25) is 0 Å². The first-order valence-electron chi connectivity index (χ1n) is 10.1. The van der Waals surface area contributed by atoms with Crippen LogP contribution in [0.1, 0.15) is 37.8 Å². The molecule has 0 fully saturated rings. The highest BCUT2D eigenvalue weighted by Crippen LogP contribution is 2.31. The summed E-state index contributed by atoms with van der Waals surface area (Å²) in [5, 5.41) is 12.6. The first kappa shape index (κ1) is 20.8. The van der Waals surface area contributed by atoms with Crippen LogP contribution in [0.2, 0.25) is 0 Å². The van der Waals surface area contributed by atoms with E-state index in [1.165, 1.54) is 5.56 Å². The lowest BCUT2D eigenvalue weighted by Gasteiger charge is -2.29. The van der Waals surface area contributed by atoms with Gasteiger partial charge in [0.05, 0.1) is 13.7 Å². The van der Waals surface area contributed by atoms with E-state index >= 15 is 0 Å². The largest absolute Gasteiger partial charge is 0.508 e. The van der Waals surface area contributed by atoms with E-state index < -0.39 is 0 Å². The normalized spacial score (nSPS) is 13.2. The van der Waals surface area contributed by atoms with Crippen LogP contribution in [0, 0.1) is 5.92 Å². The first-order valence-corrected chi connectivity index (χ1v) is 10.1. The number of amides is 2. The summed E-state index contributed by atoms with van der Waals surface area (Å²) in [6.07, 6.45) is 2.85. The lowest BCUT2D eigenvalue weighted by Crippen LogP contribution is -2.38. The topological polar surface area (TPSA) is 71.0 Å². The Bertz CT molecular complexity index is 851. The molecule has 6 heteroatoms. The Balaban J connectivity index is 1.63. The van der Waals surface area contributed by atoms with Crippen molar-refractivity contribution in [2.45, 2.75) is 39.7 Å². The zero-order chi connectivity index (χ0) is 20.8. The van der Waals surface area contributed by atoms with Crippen LogP contribution in [-0.4, -0.2) is 36.3 Å². The molecule has 2 aromatic rings. The number of rotatable bonds is 7. The van der Waals surface area contributed by atoms with Gasteiger partial charge in [0, 0.05) is 24.8 Å². The van der Waals surface area contributed by atoms with Crippen molar-refractivity contribution in [2.24, 2.45) is 5.92 Å². The summed E-state index contributed by atoms with van der Waals surface area (Å²) in [5.41, 5.74) is 2.82. The van der Waals surface area contributed by atoms with Crippen LogP contribution in [-0.2, 0) is 13.0 Å². The molecule has 156 valence electrons. The molecule has 0 aromatic heterocycles. The Morgan fingerprint density at radius 3 is 2.76 bits per heavy atom. The highest BCUT2D eigenvalue weighted by Gasteiger charge is 2.21. The minimum Gasteiger partial charge on any atom is -0.508 e. The zero-order valence-corrected chi connectivity index (χ0v) is 17.4. The van der Waals surface area contributed by atoms with E-state index in [0.717, 1.165) is 24.8 Å². The smallest absolute Gasteiger partial charge is 0.322 e. The Morgan fingerprint density at radius 1 is 1.17 bits per heavy atom. The second-order valence-corrected chi connectivity index (χ2v) is 7.80. The van der Waals surface area contributed by atoms with E-state index in [2.05, 4.69) is 19.2 Å². The number of ether oxygens (including phenoxy) is 2. The maximum Gasteiger partial charge on any atom is 0.322 e. The van der Waals surface area contributed by atoms with Crippen LogP contribution in [0.3, 0.4) is 0 Å². The molecule has 0 saturated carbocycles. The van der Waals surface area contributed by atoms with Gasteiger partial charge >= 0.3 is 6.03 Å². The molecular formula is C23H30N2O4. The lowest BCUT2D eigenvalue weighted by atomic mass is 10.00. The monoisotopic (exact) mass is 398 g/mol. The SMILES string of the molecule is COc1ccc(NC(=O)N2CCc3ccc(O)cc3C2)cc1OCCCC(C)C. The maximum atomic E-state index is 12.7. The van der Waals surface area contributed by atoms with Gasteiger partial charge in [0.2, 0.25) is 0 Å². The van der Waals surface area contributed by atoms with Crippen molar-refractivity contribution in [2.75, 3.05) is 25.6 Å². The number of phenols is 1. The number of hydrogen-bond donors (Lipinski definition) is 2. The average molecular weight is 399 g/mol. The minimum atomic E-state index is -0.171. The Labute approximate surface area is 172 Å². The quantitative estimate of drug-likeness (QED) is 0.657. The summed E-state index contributed by atoms with van der Waals surface area (Å²) in [4.78, 5) is 14.5. The molecule has 0 bridgehead atoms. The molecular weight excluding hydrogens is 368 g/mol. The summed E-state index contributed by atoms with van der Waals surface area (Å²) >= 11 is 0. The second-order valence-electron chi connectivity index (χ2n) is 7.80. The van der Waals surface area contributed by atoms with Gasteiger partial charge in [0.15, 0.2) is 11.5 Å². The number of anilines is 1. The van der Waals surface area contributed by atoms with Gasteiger partial charge in [0.25, 0.3) is 0 Å². The molecule has 29 heavy (non-hydrogen) atoms. The molecule has 0 saturated heterocycles. The van der Waals surface area contributed by atoms with Crippen LogP contribution in [0.4, 0.5) is 10.5 Å². The van der Waals surface area contributed by atoms with E-state index in [0.29, 0.717) is 42.8 Å². The number of nitrogens with one attached hydrogen (secondary N) is 1. The van der Waals surface area contributed by atoms with Crippen molar-refractivity contribution in [3.05, 3.63) is 47.5 Å². The fraction of sp³-hybridized carbons (Fsp3) is 0.435. The number of phenolic OH excluding ortho intramolecular Hbond substituents is 1. The number of methoxy groups -OCH3 is 1. The molecule has 0 atom stereocenters. The Hall–Kier alpha value is -2.89. The molecule has 0 radical (unpaired) electrons. The summed E-state index contributed by atoms with van der Waals surface area (Å²) in [7, 11) is 1.61. The molecule has 2 amide bonds. The highest BCUT2D eigenvalue weighted by molar-refractivity contribution is 5.90. The van der Waals surface area contributed by atoms with Crippen LogP contribution in [0.5, 0.6) is 17.2 Å². The number of carbonyl (C=O) groups excluding carboxylic acids is 1. The summed E-state index contributed by atoms with van der Waals surface area (Å²) in [5.74, 6) is 2.14. The van der Waals surface area contributed by atoms with E-state index in [1.807, 2.05) is 6.07 Å². The highest BCUT2D eigenvalue weighted by atomic mass is 16.5. The van der Waals surface area contributed by atoms with Crippen LogP contribution < -0.4 is 14.8 Å². The van der Waals surface area contributed by atoms with Crippen molar-refractivity contribution < 1.29 is 19.4 Å². The van der Waals surface area contributed by atoms with Gasteiger partial charge < -0.3 is 24.8 Å². The molecule has 0 spiro atoms. The molecule has 0 aliphatic carbocycles. The Morgan fingerprint density at radius 2 is 2.00 bits per heavy atom. The van der Waals surface area contributed by atoms with Crippen molar-refractivity contribution in [1.29, 1.82) is 0 Å². The third-order valence-electron chi connectivity index (χ3n) is 5.09. The Kier molecular flexibility index (Phi) is 6.86. The molecule has 6 nitrogen and oxygen atoms in total. The van der Waals surface area contributed by atoms with Gasteiger partial charge in [0.1, 0.15) is 5.75 Å². The predicted molar refractivity (Wildman–Crippen MR) is 114 cm³/mol. The van der Waals surface area contributed by atoms with E-state index in [9.17, 15) is 9.90 Å². The third kappa shape index (κ3) is 5.56. The van der Waals surface area contributed by atoms with Crippen molar-refractivity contribution in [3.63, 3.8) is 0 Å². The minimum absolute atomic E-state index is 0.171. The van der Waals surface area contributed by atoms with Crippen LogP contribution in [0.25, 0.3) is 0 Å². The molecule has 2 N–H and O–H groups in total. The number of fused-ring (bicyclic) bond motifs is 1. The number of hydrogen-bond acceptors (Lipinski definition) is 4. The van der Waals surface area contributed by atoms with Crippen molar-refractivity contribution in [1.82, 2.24) is 4.90 Å². The summed E-state index contributed by atoms with van der Waals surface area (Å²) in [6, 6.07) is 10.6. The van der Waals surface area contributed by atoms with Gasteiger partial charge in [-0.05, 0) is 60.6 Å². The second kappa shape index (κ2) is 9.54. The summed E-state index contributed by atoms with van der Waals surface area (Å²) < 4.78 is 11.3. The maximum absolute atomic E-state index is 12.7. The fourth-order valence-electron chi connectivity index (χ4n) is 3.46. The molecule has 1 heterocycles. The average Bonchev–Trinajstić information content (AvgIpc) is 2.70. The first-order chi connectivity index (χ1) is 14.0. The number of nitrogens with zero attached hydrogens (tertiary/aromatic N) is 1. The molecule has 0 unspecified atom stereocenters. The molecule has 3 rings (SSSR count). The number of aromatic hydroxyl groups is 1. The lowest BCUT2D eigenvalue weighted by molar-refractivity contribution is 0.206. The molecule has 1 aliphatic rings. The van der Waals surface area contributed by atoms with Gasteiger partial charge in [-0.15, -0.1) is 0 Å². The van der Waals surface area contributed by atoms with E-state index in [1.54, 1.807) is 42.3 Å². The van der Waals surface area contributed by atoms with Crippen molar-refractivity contribution >= 4 is 11.7 Å². The van der Waals surface area contributed by atoms with Gasteiger partial charge in [-0.25, -0.2) is 4.79 Å². The van der Waals surface area contributed by atoms with Crippen molar-refractivity contribution in [3.8, 4) is 17.2 Å². The van der Waals surface area contributed by atoms with E-state index in [-0.39, 0.29) is 11.8 Å². The third-order valence-corrected chi connectivity index (χ3v) is 5.09.